The molecule has 0 radical (unpaired) electrons. The van der Waals surface area contributed by atoms with Crippen LogP contribution in [0.25, 0.3) is 0 Å². The molecule has 0 unspecified atom stereocenters. The molecule has 1 rings (SSSR count). The molecule has 7 nitrogen and oxygen atoms in total. The molecule has 0 saturated carbocycles. The minimum atomic E-state index is -0.524. The predicted octanol–water partition coefficient (Wildman–Crippen LogP) is 0.470. The molecule has 0 heterocycles. The lowest BCUT2D eigenvalue weighted by atomic mass is 10.3. The van der Waals surface area contributed by atoms with Gasteiger partial charge >= 0.3 is 0 Å². The smallest absolute Gasteiger partial charge is 0.269 e. The number of carbonyl (C=O) groups excluding carboxylic acids is 1. The summed E-state index contributed by atoms with van der Waals surface area (Å²) in [4.78, 5) is 21.1. The van der Waals surface area contributed by atoms with Crippen LogP contribution < -0.4 is 16.4 Å². The van der Waals surface area contributed by atoms with E-state index in [0.29, 0.717) is 13.1 Å². The van der Waals surface area contributed by atoms with Gasteiger partial charge in [0.1, 0.15) is 0 Å². The topological polar surface area (TPSA) is 110 Å². The summed E-state index contributed by atoms with van der Waals surface area (Å²) in [7, 11) is 0. The van der Waals surface area contributed by atoms with Crippen LogP contribution in [-0.2, 0) is 4.79 Å². The molecule has 0 aliphatic heterocycles. The van der Waals surface area contributed by atoms with Crippen LogP contribution in [0.2, 0.25) is 0 Å². The van der Waals surface area contributed by atoms with Crippen molar-refractivity contribution in [2.45, 2.75) is 13.0 Å². The molecule has 0 aromatic heterocycles. The number of anilines is 1. The van der Waals surface area contributed by atoms with Gasteiger partial charge in [0, 0.05) is 30.9 Å². The van der Waals surface area contributed by atoms with Gasteiger partial charge in [0.25, 0.3) is 5.69 Å². The number of nitrogens with two attached hydrogens (primary N) is 1. The van der Waals surface area contributed by atoms with Gasteiger partial charge in [0.2, 0.25) is 5.91 Å². The highest BCUT2D eigenvalue weighted by molar-refractivity contribution is 5.80. The van der Waals surface area contributed by atoms with Gasteiger partial charge in [-0.2, -0.15) is 0 Å². The molecule has 98 valence electrons. The van der Waals surface area contributed by atoms with Crippen LogP contribution in [-0.4, -0.2) is 30.0 Å². The van der Waals surface area contributed by atoms with Crippen molar-refractivity contribution in [3.63, 3.8) is 0 Å². The molecular weight excluding hydrogens is 236 g/mol. The maximum atomic E-state index is 11.1. The largest absolute Gasteiger partial charge is 0.383 e. The summed E-state index contributed by atoms with van der Waals surface area (Å²) in [5.41, 5.74) is 6.18. The van der Waals surface area contributed by atoms with Crippen molar-refractivity contribution in [3.05, 3.63) is 34.4 Å². The molecule has 0 aliphatic carbocycles. The zero-order chi connectivity index (χ0) is 13.5. The Balaban J connectivity index is 2.31. The molecule has 1 aromatic carbocycles. The van der Waals surface area contributed by atoms with Gasteiger partial charge in [0.05, 0.1) is 11.0 Å². The van der Waals surface area contributed by atoms with Gasteiger partial charge < -0.3 is 16.4 Å². The van der Waals surface area contributed by atoms with E-state index in [1.807, 2.05) is 0 Å². The zero-order valence-electron chi connectivity index (χ0n) is 10.1. The Kier molecular flexibility index (Phi) is 5.06. The van der Waals surface area contributed by atoms with Crippen LogP contribution in [0.5, 0.6) is 0 Å². The highest BCUT2D eigenvalue weighted by Crippen LogP contribution is 2.14. The fraction of sp³-hybridized carbons (Fsp3) is 0.364. The second-order valence-electron chi connectivity index (χ2n) is 3.81. The summed E-state index contributed by atoms with van der Waals surface area (Å²) in [6.45, 7) is 2.58. The van der Waals surface area contributed by atoms with Gasteiger partial charge in [-0.05, 0) is 19.1 Å². The first-order valence-corrected chi connectivity index (χ1v) is 5.52. The number of non-ortho nitro benzene ring substituents is 1. The first kappa shape index (κ1) is 13.9. The van der Waals surface area contributed by atoms with Crippen LogP contribution in [0, 0.1) is 10.1 Å². The average Bonchev–Trinajstić information content (AvgIpc) is 2.34. The molecule has 0 fully saturated rings. The van der Waals surface area contributed by atoms with E-state index in [0.717, 1.165) is 5.69 Å². The molecule has 1 aromatic rings. The van der Waals surface area contributed by atoms with Gasteiger partial charge in [-0.25, -0.2) is 0 Å². The van der Waals surface area contributed by atoms with Crippen LogP contribution in [0.15, 0.2) is 24.3 Å². The Morgan fingerprint density at radius 1 is 1.39 bits per heavy atom. The number of hydrogen-bond donors (Lipinski definition) is 3. The number of carbonyl (C=O) groups is 1. The molecule has 0 aliphatic rings. The highest BCUT2D eigenvalue weighted by atomic mass is 16.6. The van der Waals surface area contributed by atoms with Gasteiger partial charge in [0.15, 0.2) is 0 Å². The fourth-order valence-electron chi connectivity index (χ4n) is 1.25. The monoisotopic (exact) mass is 252 g/mol. The number of nitrogens with one attached hydrogen (secondary N) is 2. The number of nitro groups is 1. The lowest BCUT2D eigenvalue weighted by Crippen LogP contribution is -2.40. The van der Waals surface area contributed by atoms with E-state index in [9.17, 15) is 14.9 Å². The van der Waals surface area contributed by atoms with Crippen molar-refractivity contribution in [1.29, 1.82) is 0 Å². The molecular formula is C11H16N4O3. The molecule has 0 saturated heterocycles. The third kappa shape index (κ3) is 4.38. The normalized spacial score (nSPS) is 11.7. The van der Waals surface area contributed by atoms with Gasteiger partial charge in [-0.15, -0.1) is 0 Å². The molecule has 1 atom stereocenters. The Labute approximate surface area is 105 Å². The minimum absolute atomic E-state index is 0.0470. The van der Waals surface area contributed by atoms with Crippen LogP contribution in [0.4, 0.5) is 11.4 Å². The second-order valence-corrected chi connectivity index (χ2v) is 3.81. The van der Waals surface area contributed by atoms with Gasteiger partial charge in [-0.1, -0.05) is 0 Å². The van der Waals surface area contributed by atoms with Crippen molar-refractivity contribution in [1.82, 2.24) is 5.32 Å². The number of rotatable bonds is 6. The van der Waals surface area contributed by atoms with E-state index in [4.69, 9.17) is 5.73 Å². The number of amides is 1. The molecule has 0 bridgehead atoms. The zero-order valence-corrected chi connectivity index (χ0v) is 10.1. The Morgan fingerprint density at radius 3 is 2.50 bits per heavy atom. The van der Waals surface area contributed by atoms with E-state index in [1.165, 1.54) is 12.1 Å². The first-order valence-electron chi connectivity index (χ1n) is 5.52. The fourth-order valence-corrected chi connectivity index (χ4v) is 1.25. The van der Waals surface area contributed by atoms with Crippen LogP contribution in [0.3, 0.4) is 0 Å². The molecule has 0 spiro atoms. The van der Waals surface area contributed by atoms with E-state index in [1.54, 1.807) is 19.1 Å². The maximum absolute atomic E-state index is 11.1. The van der Waals surface area contributed by atoms with Crippen LogP contribution >= 0.6 is 0 Å². The third-order valence-corrected chi connectivity index (χ3v) is 2.25. The maximum Gasteiger partial charge on any atom is 0.269 e. The SMILES string of the molecule is C[C@@H](N)C(=O)NCCNc1ccc([N+](=O)[O-])cc1. The summed E-state index contributed by atoms with van der Waals surface area (Å²) < 4.78 is 0. The summed E-state index contributed by atoms with van der Waals surface area (Å²) in [5.74, 6) is -0.208. The van der Waals surface area contributed by atoms with E-state index in [-0.39, 0.29) is 11.6 Å². The van der Waals surface area contributed by atoms with Crippen LogP contribution in [0.1, 0.15) is 6.92 Å². The molecule has 7 heteroatoms. The summed E-state index contributed by atoms with van der Waals surface area (Å²) in [5, 5.41) is 16.1. The lowest BCUT2D eigenvalue weighted by molar-refractivity contribution is -0.384. The standard InChI is InChI=1S/C11H16N4O3/c1-8(12)11(16)14-7-6-13-9-2-4-10(5-3-9)15(17)18/h2-5,8,13H,6-7,12H2,1H3,(H,14,16)/t8-/m1/s1. The van der Waals surface area contributed by atoms with Crippen molar-refractivity contribution >= 4 is 17.3 Å². The van der Waals surface area contributed by atoms with E-state index in [2.05, 4.69) is 10.6 Å². The van der Waals surface area contributed by atoms with E-state index < -0.39 is 11.0 Å². The summed E-state index contributed by atoms with van der Waals surface area (Å²) in [6, 6.07) is 5.55. The Bertz CT molecular complexity index is 417. The Hall–Kier alpha value is -2.15. The lowest BCUT2D eigenvalue weighted by Gasteiger charge is -2.09. The summed E-state index contributed by atoms with van der Waals surface area (Å²) in [6.07, 6.45) is 0. The van der Waals surface area contributed by atoms with Crippen molar-refractivity contribution < 1.29 is 9.72 Å². The van der Waals surface area contributed by atoms with Gasteiger partial charge in [-0.3, -0.25) is 14.9 Å². The highest BCUT2D eigenvalue weighted by Gasteiger charge is 2.05. The predicted molar refractivity (Wildman–Crippen MR) is 68.2 cm³/mol. The summed E-state index contributed by atoms with van der Waals surface area (Å²) >= 11 is 0. The number of benzene rings is 1. The third-order valence-electron chi connectivity index (χ3n) is 2.25. The number of hydrogen-bond acceptors (Lipinski definition) is 5. The molecule has 1 amide bonds. The molecule has 4 N–H and O–H groups in total. The minimum Gasteiger partial charge on any atom is -0.383 e. The first-order chi connectivity index (χ1) is 8.50. The van der Waals surface area contributed by atoms with Crippen molar-refractivity contribution in [2.24, 2.45) is 5.73 Å². The number of nitrogens with zero attached hydrogens (tertiary/aromatic N) is 1. The van der Waals surface area contributed by atoms with Crippen molar-refractivity contribution in [3.8, 4) is 0 Å². The second kappa shape index (κ2) is 6.55. The van der Waals surface area contributed by atoms with Crippen molar-refractivity contribution in [2.75, 3.05) is 18.4 Å². The number of nitro benzene ring substituents is 1. The quantitative estimate of drug-likeness (QED) is 0.387. The van der Waals surface area contributed by atoms with E-state index >= 15 is 0 Å². The average molecular weight is 252 g/mol. The Morgan fingerprint density at radius 2 is 2.00 bits per heavy atom. The molecule has 18 heavy (non-hydrogen) atoms.